The van der Waals surface area contributed by atoms with Crippen LogP contribution in [0.5, 0.6) is 5.75 Å². The number of nitrogens with zero attached hydrogens (tertiary/aromatic N) is 1. The number of fused-ring (bicyclic) bond motifs is 1. The molecule has 0 radical (unpaired) electrons. The molecule has 2 aliphatic heterocycles. The van der Waals surface area contributed by atoms with Gasteiger partial charge in [-0.25, -0.2) is 0 Å². The first-order valence-electron chi connectivity index (χ1n) is 10.5. The third kappa shape index (κ3) is 4.82. The van der Waals surface area contributed by atoms with E-state index in [1.165, 1.54) is 0 Å². The molecule has 0 aromatic heterocycles. The quantitative estimate of drug-likeness (QED) is 0.702. The largest absolute Gasteiger partial charge is 0.493 e. The number of ether oxygens (including phenoxy) is 1. The number of aryl methyl sites for hydroxylation is 1. The van der Waals surface area contributed by atoms with E-state index >= 15 is 0 Å². The van der Waals surface area contributed by atoms with Crippen molar-refractivity contribution in [2.24, 2.45) is 0 Å². The first kappa shape index (κ1) is 20.4. The van der Waals surface area contributed by atoms with E-state index in [0.717, 1.165) is 67.9 Å². The van der Waals surface area contributed by atoms with Crippen molar-refractivity contribution in [1.29, 1.82) is 0 Å². The monoisotopic (exact) mass is 413 g/mol. The van der Waals surface area contributed by atoms with Gasteiger partial charge in [-0.1, -0.05) is 23.7 Å². The van der Waals surface area contributed by atoms with Crippen LogP contribution >= 0.6 is 11.6 Å². The molecular weight excluding hydrogens is 386 g/mol. The number of carbonyl (C=O) groups is 1. The van der Waals surface area contributed by atoms with Gasteiger partial charge in [-0.2, -0.15) is 0 Å². The van der Waals surface area contributed by atoms with Gasteiger partial charge in [0.15, 0.2) is 5.78 Å². The fraction of sp³-hybridized carbons (Fsp3) is 0.458. The summed E-state index contributed by atoms with van der Waals surface area (Å²) in [7, 11) is 0. The van der Waals surface area contributed by atoms with Crippen LogP contribution in [0, 0.1) is 0 Å². The molecule has 1 saturated heterocycles. The van der Waals surface area contributed by atoms with Gasteiger partial charge >= 0.3 is 0 Å². The van der Waals surface area contributed by atoms with Gasteiger partial charge in [0, 0.05) is 30.1 Å². The molecule has 0 amide bonds. The molecule has 4 nitrogen and oxygen atoms in total. The van der Waals surface area contributed by atoms with E-state index in [4.69, 9.17) is 16.3 Å². The van der Waals surface area contributed by atoms with E-state index in [9.17, 15) is 9.90 Å². The highest BCUT2D eigenvalue weighted by Gasteiger charge is 2.33. The summed E-state index contributed by atoms with van der Waals surface area (Å²) in [6, 6.07) is 13.3. The van der Waals surface area contributed by atoms with Gasteiger partial charge in [0.1, 0.15) is 5.75 Å². The number of hydrogen-bond donors (Lipinski definition) is 1. The third-order valence-corrected chi connectivity index (χ3v) is 6.43. The fourth-order valence-electron chi connectivity index (χ4n) is 4.34. The van der Waals surface area contributed by atoms with Crippen molar-refractivity contribution in [1.82, 2.24) is 4.90 Å². The van der Waals surface area contributed by atoms with E-state index < -0.39 is 5.60 Å². The Labute approximate surface area is 177 Å². The lowest BCUT2D eigenvalue weighted by Gasteiger charge is -2.38. The van der Waals surface area contributed by atoms with Crippen LogP contribution in [0.4, 0.5) is 0 Å². The van der Waals surface area contributed by atoms with Crippen LogP contribution in [-0.2, 0) is 12.0 Å². The van der Waals surface area contributed by atoms with Crippen LogP contribution in [0.25, 0.3) is 0 Å². The van der Waals surface area contributed by atoms with Crippen LogP contribution in [0.3, 0.4) is 0 Å². The summed E-state index contributed by atoms with van der Waals surface area (Å²) < 4.78 is 5.63. The molecule has 154 valence electrons. The summed E-state index contributed by atoms with van der Waals surface area (Å²) in [6.45, 7) is 3.33. The maximum atomic E-state index is 12.6. The van der Waals surface area contributed by atoms with Crippen LogP contribution in [-0.4, -0.2) is 42.0 Å². The van der Waals surface area contributed by atoms with E-state index in [1.807, 2.05) is 42.5 Å². The second-order valence-corrected chi connectivity index (χ2v) is 8.62. The minimum atomic E-state index is -0.776. The maximum Gasteiger partial charge on any atom is 0.162 e. The SMILES string of the molecule is O=C(CCCN1CCC(O)(c2ccc(Cl)cc2)CC1)c1ccc2c(c1)CCCO2. The smallest absolute Gasteiger partial charge is 0.162 e. The highest BCUT2D eigenvalue weighted by atomic mass is 35.5. The van der Waals surface area contributed by atoms with E-state index in [1.54, 1.807) is 0 Å². The molecule has 0 aliphatic carbocycles. The average Bonchev–Trinajstić information content (AvgIpc) is 2.75. The number of halogens is 1. The average molecular weight is 414 g/mol. The molecule has 0 spiro atoms. The molecular formula is C24H28ClNO3. The van der Waals surface area contributed by atoms with Crippen molar-refractivity contribution >= 4 is 17.4 Å². The number of Topliss-reactive ketones (excluding diaryl/α,β-unsaturated/α-hetero) is 1. The van der Waals surface area contributed by atoms with Gasteiger partial charge in [-0.05, 0) is 80.1 Å². The molecule has 2 aromatic carbocycles. The van der Waals surface area contributed by atoms with Gasteiger partial charge in [0.2, 0.25) is 0 Å². The Bertz CT molecular complexity index is 857. The normalized spacial score (nSPS) is 18.7. The molecule has 2 aliphatic rings. The second-order valence-electron chi connectivity index (χ2n) is 8.18. The number of rotatable bonds is 6. The molecule has 4 rings (SSSR count). The number of carbonyl (C=O) groups excluding carboxylic acids is 1. The number of benzene rings is 2. The molecule has 1 N–H and O–H groups in total. The van der Waals surface area contributed by atoms with Crippen LogP contribution in [0.2, 0.25) is 5.02 Å². The lowest BCUT2D eigenvalue weighted by atomic mass is 9.84. The highest BCUT2D eigenvalue weighted by Crippen LogP contribution is 2.33. The van der Waals surface area contributed by atoms with E-state index in [-0.39, 0.29) is 5.78 Å². The minimum Gasteiger partial charge on any atom is -0.493 e. The number of aliphatic hydroxyl groups is 1. The Hall–Kier alpha value is -1.88. The summed E-state index contributed by atoms with van der Waals surface area (Å²) in [4.78, 5) is 14.9. The number of ketones is 1. The van der Waals surface area contributed by atoms with Crippen molar-refractivity contribution in [3.05, 3.63) is 64.2 Å². The van der Waals surface area contributed by atoms with Crippen molar-refractivity contribution in [3.8, 4) is 5.75 Å². The predicted molar refractivity (Wildman–Crippen MR) is 115 cm³/mol. The number of piperidine rings is 1. The molecule has 1 fully saturated rings. The number of likely N-dealkylation sites (tertiary alicyclic amines) is 1. The Morgan fingerprint density at radius 3 is 2.66 bits per heavy atom. The first-order chi connectivity index (χ1) is 14.0. The van der Waals surface area contributed by atoms with Crippen LogP contribution < -0.4 is 4.74 Å². The molecule has 0 atom stereocenters. The minimum absolute atomic E-state index is 0.202. The lowest BCUT2D eigenvalue weighted by molar-refractivity contribution is -0.0260. The molecule has 0 saturated carbocycles. The zero-order chi connectivity index (χ0) is 20.3. The van der Waals surface area contributed by atoms with E-state index in [2.05, 4.69) is 4.90 Å². The number of hydrogen-bond acceptors (Lipinski definition) is 4. The summed E-state index contributed by atoms with van der Waals surface area (Å²) in [6.07, 6.45) is 4.80. The Morgan fingerprint density at radius 2 is 1.90 bits per heavy atom. The molecule has 0 bridgehead atoms. The Balaban J connectivity index is 1.24. The predicted octanol–water partition coefficient (Wildman–Crippen LogP) is 4.61. The summed E-state index contributed by atoms with van der Waals surface area (Å²) >= 11 is 5.96. The zero-order valence-corrected chi connectivity index (χ0v) is 17.5. The van der Waals surface area contributed by atoms with Gasteiger partial charge in [-0.3, -0.25) is 4.79 Å². The second kappa shape index (κ2) is 8.86. The molecule has 29 heavy (non-hydrogen) atoms. The van der Waals surface area contributed by atoms with Gasteiger partial charge in [0.25, 0.3) is 0 Å². The Kier molecular flexibility index (Phi) is 6.23. The standard InChI is InChI=1S/C24H28ClNO3/c25-21-8-6-20(7-9-21)24(28)11-14-26(15-12-24)13-1-4-22(27)18-5-10-23-19(17-18)3-2-16-29-23/h5-10,17,28H,1-4,11-16H2. The van der Waals surface area contributed by atoms with Gasteiger partial charge < -0.3 is 14.7 Å². The van der Waals surface area contributed by atoms with E-state index in [0.29, 0.717) is 24.3 Å². The molecule has 0 unspecified atom stereocenters. The zero-order valence-electron chi connectivity index (χ0n) is 16.7. The van der Waals surface area contributed by atoms with Crippen molar-refractivity contribution in [2.45, 2.75) is 44.1 Å². The first-order valence-corrected chi connectivity index (χ1v) is 10.9. The summed E-state index contributed by atoms with van der Waals surface area (Å²) in [5.41, 5.74) is 2.11. The van der Waals surface area contributed by atoms with Crippen molar-refractivity contribution in [2.75, 3.05) is 26.2 Å². The van der Waals surface area contributed by atoms with Crippen LogP contribution in [0.15, 0.2) is 42.5 Å². The van der Waals surface area contributed by atoms with Gasteiger partial charge in [0.05, 0.1) is 12.2 Å². The van der Waals surface area contributed by atoms with Crippen molar-refractivity contribution in [3.63, 3.8) is 0 Å². The van der Waals surface area contributed by atoms with Crippen molar-refractivity contribution < 1.29 is 14.6 Å². The molecule has 2 aromatic rings. The topological polar surface area (TPSA) is 49.8 Å². The molecule has 5 heteroatoms. The maximum absolute atomic E-state index is 12.6. The Morgan fingerprint density at radius 1 is 1.14 bits per heavy atom. The summed E-state index contributed by atoms with van der Waals surface area (Å²) in [5.74, 6) is 1.13. The van der Waals surface area contributed by atoms with Crippen LogP contribution in [0.1, 0.15) is 53.6 Å². The highest BCUT2D eigenvalue weighted by molar-refractivity contribution is 6.30. The lowest BCUT2D eigenvalue weighted by Crippen LogP contribution is -2.42. The summed E-state index contributed by atoms with van der Waals surface area (Å²) in [5, 5.41) is 11.7. The van der Waals surface area contributed by atoms with Gasteiger partial charge in [-0.15, -0.1) is 0 Å². The third-order valence-electron chi connectivity index (χ3n) is 6.17. The fourth-order valence-corrected chi connectivity index (χ4v) is 4.46. The molecule has 2 heterocycles.